The maximum absolute atomic E-state index is 12.2. The number of carbonyl (C=O) groups is 2. The number of hydrogen-bond donors (Lipinski definition) is 2. The number of amides is 2. The number of rotatable bonds is 8. The van der Waals surface area contributed by atoms with Gasteiger partial charge in [-0.1, -0.05) is 60.7 Å². The average Bonchev–Trinajstić information content (AvgIpc) is 3.15. The van der Waals surface area contributed by atoms with Crippen molar-refractivity contribution in [3.8, 4) is 16.9 Å². The highest BCUT2D eigenvalue weighted by molar-refractivity contribution is 5.79. The SMILES string of the molecule is COc1ccc(CNC(=O)CCNC(=O)OCC2c3ccccc3-c3ccccc32)cc1. The van der Waals surface area contributed by atoms with E-state index >= 15 is 0 Å². The molecule has 6 heteroatoms. The van der Waals surface area contributed by atoms with Crippen LogP contribution < -0.4 is 15.4 Å². The minimum absolute atomic E-state index is 0.0148. The Kier molecular flexibility index (Phi) is 6.70. The van der Waals surface area contributed by atoms with Crippen molar-refractivity contribution in [2.75, 3.05) is 20.3 Å². The Hall–Kier alpha value is -3.80. The number of hydrogen-bond acceptors (Lipinski definition) is 4. The molecule has 0 aromatic heterocycles. The number of alkyl carbamates (subject to hydrolysis) is 1. The van der Waals surface area contributed by atoms with Gasteiger partial charge in [-0.2, -0.15) is 0 Å². The van der Waals surface area contributed by atoms with Gasteiger partial charge in [-0.3, -0.25) is 4.79 Å². The molecule has 0 fully saturated rings. The van der Waals surface area contributed by atoms with Gasteiger partial charge in [0.2, 0.25) is 5.91 Å². The van der Waals surface area contributed by atoms with Crippen LogP contribution in [0.15, 0.2) is 72.8 Å². The lowest BCUT2D eigenvalue weighted by Gasteiger charge is -2.14. The van der Waals surface area contributed by atoms with Gasteiger partial charge in [0, 0.05) is 25.4 Å². The molecule has 0 saturated carbocycles. The number of nitrogens with one attached hydrogen (secondary N) is 2. The van der Waals surface area contributed by atoms with Gasteiger partial charge in [-0.25, -0.2) is 4.79 Å². The third kappa shape index (κ3) is 4.91. The molecule has 2 amide bonds. The summed E-state index contributed by atoms with van der Waals surface area (Å²) in [7, 11) is 1.61. The smallest absolute Gasteiger partial charge is 0.407 e. The van der Waals surface area contributed by atoms with Crippen molar-refractivity contribution in [3.63, 3.8) is 0 Å². The average molecular weight is 431 g/mol. The van der Waals surface area contributed by atoms with Crippen LogP contribution >= 0.6 is 0 Å². The first-order valence-corrected chi connectivity index (χ1v) is 10.6. The first-order chi connectivity index (χ1) is 15.7. The van der Waals surface area contributed by atoms with Crippen molar-refractivity contribution >= 4 is 12.0 Å². The fraction of sp³-hybridized carbons (Fsp3) is 0.231. The largest absolute Gasteiger partial charge is 0.497 e. The van der Waals surface area contributed by atoms with Gasteiger partial charge in [-0.15, -0.1) is 0 Å². The van der Waals surface area contributed by atoms with E-state index in [-0.39, 0.29) is 31.4 Å². The second-order valence-corrected chi connectivity index (χ2v) is 7.63. The number of methoxy groups -OCH3 is 1. The summed E-state index contributed by atoms with van der Waals surface area (Å²) in [6, 6.07) is 23.9. The summed E-state index contributed by atoms with van der Waals surface area (Å²) in [6.07, 6.45) is -0.338. The van der Waals surface area contributed by atoms with Gasteiger partial charge in [0.15, 0.2) is 0 Å². The maximum atomic E-state index is 12.2. The van der Waals surface area contributed by atoms with Crippen LogP contribution in [0.5, 0.6) is 5.75 Å². The minimum atomic E-state index is -0.519. The molecule has 164 valence electrons. The molecule has 0 spiro atoms. The molecular formula is C26H26N2O4. The molecule has 3 aromatic rings. The summed E-state index contributed by atoms with van der Waals surface area (Å²) in [6.45, 7) is 0.891. The highest BCUT2D eigenvalue weighted by Gasteiger charge is 2.28. The normalized spacial score (nSPS) is 11.9. The van der Waals surface area contributed by atoms with Gasteiger partial charge in [-0.05, 0) is 39.9 Å². The number of benzene rings is 3. The van der Waals surface area contributed by atoms with Gasteiger partial charge < -0.3 is 20.1 Å². The Morgan fingerprint density at radius 1 is 0.844 bits per heavy atom. The van der Waals surface area contributed by atoms with Gasteiger partial charge in [0.1, 0.15) is 12.4 Å². The molecule has 0 saturated heterocycles. The van der Waals surface area contributed by atoms with Crippen LogP contribution in [0.1, 0.15) is 29.0 Å². The monoisotopic (exact) mass is 430 g/mol. The highest BCUT2D eigenvalue weighted by Crippen LogP contribution is 2.44. The van der Waals surface area contributed by atoms with E-state index in [1.54, 1.807) is 7.11 Å². The van der Waals surface area contributed by atoms with Crippen molar-refractivity contribution < 1.29 is 19.1 Å². The summed E-state index contributed by atoms with van der Waals surface area (Å²) in [5.41, 5.74) is 5.68. The molecule has 0 bridgehead atoms. The van der Waals surface area contributed by atoms with Crippen LogP contribution in [0.2, 0.25) is 0 Å². The fourth-order valence-electron chi connectivity index (χ4n) is 3.96. The van der Waals surface area contributed by atoms with Crippen molar-refractivity contribution in [2.45, 2.75) is 18.9 Å². The Morgan fingerprint density at radius 2 is 1.47 bits per heavy atom. The molecule has 0 heterocycles. The summed E-state index contributed by atoms with van der Waals surface area (Å²) in [5, 5.41) is 5.50. The van der Waals surface area contributed by atoms with Gasteiger partial charge >= 0.3 is 6.09 Å². The third-order valence-corrected chi connectivity index (χ3v) is 5.61. The Balaban J connectivity index is 1.21. The molecular weight excluding hydrogens is 404 g/mol. The lowest BCUT2D eigenvalue weighted by molar-refractivity contribution is -0.121. The minimum Gasteiger partial charge on any atom is -0.497 e. The Morgan fingerprint density at radius 3 is 2.09 bits per heavy atom. The van der Waals surface area contributed by atoms with E-state index < -0.39 is 6.09 Å². The molecule has 3 aromatic carbocycles. The van der Waals surface area contributed by atoms with Gasteiger partial charge in [0.25, 0.3) is 0 Å². The second kappa shape index (κ2) is 10.0. The highest BCUT2D eigenvalue weighted by atomic mass is 16.5. The molecule has 0 aliphatic heterocycles. The number of fused-ring (bicyclic) bond motifs is 3. The quantitative estimate of drug-likeness (QED) is 0.560. The maximum Gasteiger partial charge on any atom is 0.407 e. The molecule has 1 aliphatic rings. The number of ether oxygens (including phenoxy) is 2. The van der Waals surface area contributed by atoms with Crippen LogP contribution in [0, 0.1) is 0 Å². The van der Waals surface area contributed by atoms with Crippen LogP contribution in [0.4, 0.5) is 4.79 Å². The molecule has 4 rings (SSSR count). The number of carbonyl (C=O) groups excluding carboxylic acids is 2. The van der Waals surface area contributed by atoms with Crippen LogP contribution in [-0.2, 0) is 16.1 Å². The predicted octanol–water partition coefficient (Wildman–Crippen LogP) is 4.24. The standard InChI is InChI=1S/C26H26N2O4/c1-31-19-12-10-18(11-13-19)16-28-25(29)14-15-27-26(30)32-17-24-22-8-4-2-6-20(22)21-7-3-5-9-23(21)24/h2-13,24H,14-17H2,1H3,(H,27,30)(H,28,29). The molecule has 1 aliphatic carbocycles. The zero-order valence-electron chi connectivity index (χ0n) is 18.0. The van der Waals surface area contributed by atoms with Crippen LogP contribution in [-0.4, -0.2) is 32.3 Å². The lowest BCUT2D eigenvalue weighted by atomic mass is 9.98. The van der Waals surface area contributed by atoms with Gasteiger partial charge in [0.05, 0.1) is 7.11 Å². The zero-order chi connectivity index (χ0) is 22.3. The van der Waals surface area contributed by atoms with E-state index in [2.05, 4.69) is 34.9 Å². The lowest BCUT2D eigenvalue weighted by Crippen LogP contribution is -2.31. The molecule has 32 heavy (non-hydrogen) atoms. The predicted molar refractivity (Wildman–Crippen MR) is 123 cm³/mol. The van der Waals surface area contributed by atoms with Crippen molar-refractivity contribution in [2.24, 2.45) is 0 Å². The molecule has 2 N–H and O–H groups in total. The molecule has 0 radical (unpaired) electrons. The summed E-state index contributed by atoms with van der Waals surface area (Å²) in [5.74, 6) is 0.646. The van der Waals surface area contributed by atoms with Crippen LogP contribution in [0.25, 0.3) is 11.1 Å². The van der Waals surface area contributed by atoms with E-state index in [4.69, 9.17) is 9.47 Å². The summed E-state index contributed by atoms with van der Waals surface area (Å²) in [4.78, 5) is 24.2. The topological polar surface area (TPSA) is 76.7 Å². The van der Waals surface area contributed by atoms with Crippen LogP contribution in [0.3, 0.4) is 0 Å². The van der Waals surface area contributed by atoms with E-state index in [1.165, 1.54) is 22.3 Å². The van der Waals surface area contributed by atoms with Crippen molar-refractivity contribution in [3.05, 3.63) is 89.5 Å². The second-order valence-electron chi connectivity index (χ2n) is 7.63. The van der Waals surface area contributed by atoms with E-state index in [0.29, 0.717) is 6.54 Å². The Labute approximate surface area is 187 Å². The Bertz CT molecular complexity index is 1050. The first kappa shape index (κ1) is 21.4. The zero-order valence-corrected chi connectivity index (χ0v) is 18.0. The fourth-order valence-corrected chi connectivity index (χ4v) is 3.96. The molecule has 6 nitrogen and oxygen atoms in total. The first-order valence-electron chi connectivity index (χ1n) is 10.6. The van der Waals surface area contributed by atoms with E-state index in [1.807, 2.05) is 48.5 Å². The molecule has 0 unspecified atom stereocenters. The summed E-state index contributed by atoms with van der Waals surface area (Å²) < 4.78 is 10.6. The van der Waals surface area contributed by atoms with E-state index in [0.717, 1.165) is 11.3 Å². The van der Waals surface area contributed by atoms with Crippen molar-refractivity contribution in [1.29, 1.82) is 0 Å². The summed E-state index contributed by atoms with van der Waals surface area (Å²) >= 11 is 0. The molecule has 0 atom stereocenters. The third-order valence-electron chi connectivity index (χ3n) is 5.61. The van der Waals surface area contributed by atoms with Crippen molar-refractivity contribution in [1.82, 2.24) is 10.6 Å². The van der Waals surface area contributed by atoms with E-state index in [9.17, 15) is 9.59 Å².